The van der Waals surface area contributed by atoms with E-state index in [2.05, 4.69) is 86.4 Å². The predicted molar refractivity (Wildman–Crippen MR) is 116 cm³/mol. The average Bonchev–Trinajstić information content (AvgIpc) is 3.52. The third-order valence-corrected chi connectivity index (χ3v) is 5.47. The molecule has 0 saturated heterocycles. The Balaban J connectivity index is 1.46. The van der Waals surface area contributed by atoms with E-state index >= 15 is 0 Å². The Hall–Kier alpha value is -3.74. The number of aromatic nitrogens is 7. The van der Waals surface area contributed by atoms with Crippen LogP contribution in [0.4, 0.5) is 0 Å². The monoisotopic (exact) mass is 397 g/mol. The van der Waals surface area contributed by atoms with E-state index in [9.17, 15) is 0 Å². The van der Waals surface area contributed by atoms with Crippen LogP contribution in [0.15, 0.2) is 60.9 Å². The number of fused-ring (bicyclic) bond motifs is 1. The first-order chi connectivity index (χ1) is 14.8. The molecule has 3 aromatic heterocycles. The maximum absolute atomic E-state index is 4.77. The topological polar surface area (TPSA) is 76.7 Å². The third kappa shape index (κ3) is 3.18. The lowest BCUT2D eigenvalue weighted by atomic mass is 9.98. The number of hydrogen-bond donors (Lipinski definition) is 1. The number of imidazole rings is 1. The molecule has 0 fully saturated rings. The Kier molecular flexibility index (Phi) is 4.63. The van der Waals surface area contributed by atoms with Gasteiger partial charge in [0.1, 0.15) is 0 Å². The molecule has 5 aromatic rings. The summed E-state index contributed by atoms with van der Waals surface area (Å²) in [6.45, 7) is 5.11. The number of nitrogens with zero attached hydrogens (tertiary/aromatic N) is 6. The van der Waals surface area contributed by atoms with Crippen LogP contribution in [-0.4, -0.2) is 34.8 Å². The van der Waals surface area contributed by atoms with Crippen LogP contribution in [0.5, 0.6) is 0 Å². The van der Waals surface area contributed by atoms with Crippen molar-refractivity contribution in [3.8, 4) is 22.5 Å². The van der Waals surface area contributed by atoms with Gasteiger partial charge in [0.05, 0.1) is 18.4 Å². The lowest BCUT2D eigenvalue weighted by Gasteiger charge is -2.09. The molecular weight excluding hydrogens is 374 g/mol. The molecule has 0 unspecified atom stereocenters. The minimum Gasteiger partial charge on any atom is -0.282 e. The van der Waals surface area contributed by atoms with Crippen molar-refractivity contribution in [2.75, 3.05) is 0 Å². The largest absolute Gasteiger partial charge is 0.282 e. The maximum atomic E-state index is 4.77. The Morgan fingerprint density at radius 1 is 0.900 bits per heavy atom. The summed E-state index contributed by atoms with van der Waals surface area (Å²) in [7, 11) is 0. The zero-order valence-electron chi connectivity index (χ0n) is 17.1. The highest BCUT2D eigenvalue weighted by Crippen LogP contribution is 2.29. The first-order valence-corrected chi connectivity index (χ1v) is 10.2. The van der Waals surface area contributed by atoms with Crippen molar-refractivity contribution in [1.29, 1.82) is 0 Å². The second-order valence-corrected chi connectivity index (χ2v) is 7.34. The second-order valence-electron chi connectivity index (χ2n) is 7.34. The zero-order valence-corrected chi connectivity index (χ0v) is 17.1. The van der Waals surface area contributed by atoms with Crippen molar-refractivity contribution in [3.05, 3.63) is 77.7 Å². The SMILES string of the molecule is CCc1cn2c(n1)c(CC)cn2Cc1ccc(-c2ccccc2-c2nn[nH]n2)cc1. The second kappa shape index (κ2) is 7.59. The van der Waals surface area contributed by atoms with Gasteiger partial charge in [0.2, 0.25) is 5.82 Å². The van der Waals surface area contributed by atoms with Crippen molar-refractivity contribution >= 4 is 5.65 Å². The molecule has 0 spiro atoms. The van der Waals surface area contributed by atoms with Crippen LogP contribution in [0.3, 0.4) is 0 Å². The van der Waals surface area contributed by atoms with Crippen molar-refractivity contribution in [3.63, 3.8) is 0 Å². The first kappa shape index (κ1) is 18.3. The lowest BCUT2D eigenvalue weighted by Crippen LogP contribution is -2.04. The number of aryl methyl sites for hydroxylation is 2. The van der Waals surface area contributed by atoms with E-state index in [1.165, 1.54) is 11.1 Å². The number of aromatic amines is 1. The average molecular weight is 397 g/mol. The number of benzene rings is 2. The minimum atomic E-state index is 0.600. The van der Waals surface area contributed by atoms with Gasteiger partial charge in [0.15, 0.2) is 5.65 Å². The summed E-state index contributed by atoms with van der Waals surface area (Å²) in [6.07, 6.45) is 6.27. The quantitative estimate of drug-likeness (QED) is 0.467. The molecule has 3 heterocycles. The maximum Gasteiger partial charge on any atom is 0.205 e. The molecule has 0 amide bonds. The highest BCUT2D eigenvalue weighted by Gasteiger charge is 2.12. The fraction of sp³-hybridized carbons (Fsp3) is 0.217. The van der Waals surface area contributed by atoms with Crippen LogP contribution in [0.1, 0.15) is 30.7 Å². The predicted octanol–water partition coefficient (Wildman–Crippen LogP) is 4.16. The van der Waals surface area contributed by atoms with E-state index < -0.39 is 0 Å². The van der Waals surface area contributed by atoms with Gasteiger partial charge >= 0.3 is 0 Å². The van der Waals surface area contributed by atoms with Gasteiger partial charge in [-0.2, -0.15) is 5.21 Å². The van der Waals surface area contributed by atoms with Crippen LogP contribution < -0.4 is 0 Å². The molecule has 150 valence electrons. The van der Waals surface area contributed by atoms with Gasteiger partial charge in [-0.25, -0.2) is 9.50 Å². The zero-order chi connectivity index (χ0) is 20.5. The van der Waals surface area contributed by atoms with E-state index in [-0.39, 0.29) is 0 Å². The summed E-state index contributed by atoms with van der Waals surface area (Å²) >= 11 is 0. The van der Waals surface area contributed by atoms with Gasteiger partial charge in [-0.15, -0.1) is 10.2 Å². The lowest BCUT2D eigenvalue weighted by molar-refractivity contribution is 0.640. The number of H-pyrrole nitrogens is 1. The summed E-state index contributed by atoms with van der Waals surface area (Å²) in [5, 5.41) is 14.5. The Labute approximate surface area is 174 Å². The van der Waals surface area contributed by atoms with Crippen LogP contribution in [0.2, 0.25) is 0 Å². The minimum absolute atomic E-state index is 0.600. The van der Waals surface area contributed by atoms with Crippen LogP contribution in [0.25, 0.3) is 28.2 Å². The fourth-order valence-electron chi connectivity index (χ4n) is 3.86. The van der Waals surface area contributed by atoms with Crippen LogP contribution in [0, 0.1) is 0 Å². The number of nitrogens with one attached hydrogen (secondary N) is 1. The molecule has 0 aliphatic rings. The molecule has 0 radical (unpaired) electrons. The molecule has 7 heteroatoms. The summed E-state index contributed by atoms with van der Waals surface area (Å²) in [4.78, 5) is 4.77. The molecule has 0 aliphatic heterocycles. The van der Waals surface area contributed by atoms with Crippen LogP contribution in [-0.2, 0) is 19.4 Å². The number of rotatable bonds is 6. The summed E-state index contributed by atoms with van der Waals surface area (Å²) in [5.41, 5.74) is 7.89. The van der Waals surface area contributed by atoms with Gasteiger partial charge in [0, 0.05) is 17.3 Å². The normalized spacial score (nSPS) is 11.4. The van der Waals surface area contributed by atoms with E-state index in [1.807, 2.05) is 18.2 Å². The Morgan fingerprint density at radius 3 is 2.40 bits per heavy atom. The highest BCUT2D eigenvalue weighted by molar-refractivity contribution is 5.80. The van der Waals surface area contributed by atoms with E-state index in [4.69, 9.17) is 4.98 Å². The van der Waals surface area contributed by atoms with Gasteiger partial charge in [-0.1, -0.05) is 62.4 Å². The van der Waals surface area contributed by atoms with E-state index in [1.54, 1.807) is 0 Å². The number of hydrogen-bond acceptors (Lipinski definition) is 4. The molecule has 0 aliphatic carbocycles. The van der Waals surface area contributed by atoms with Crippen molar-refractivity contribution in [2.24, 2.45) is 0 Å². The molecule has 0 atom stereocenters. The summed E-state index contributed by atoms with van der Waals surface area (Å²) in [6, 6.07) is 16.8. The van der Waals surface area contributed by atoms with Crippen molar-refractivity contribution in [1.82, 2.24) is 34.8 Å². The third-order valence-electron chi connectivity index (χ3n) is 5.47. The highest BCUT2D eigenvalue weighted by atomic mass is 15.5. The summed E-state index contributed by atoms with van der Waals surface area (Å²) in [5.74, 6) is 0.600. The van der Waals surface area contributed by atoms with Crippen molar-refractivity contribution < 1.29 is 0 Å². The fourth-order valence-corrected chi connectivity index (χ4v) is 3.86. The molecular formula is C23H23N7. The van der Waals surface area contributed by atoms with Crippen molar-refractivity contribution in [2.45, 2.75) is 33.2 Å². The van der Waals surface area contributed by atoms with Gasteiger partial charge in [-0.3, -0.25) is 4.68 Å². The van der Waals surface area contributed by atoms with Crippen LogP contribution >= 0.6 is 0 Å². The van der Waals surface area contributed by atoms with Gasteiger partial charge in [0.25, 0.3) is 0 Å². The Bertz CT molecular complexity index is 1280. The van der Waals surface area contributed by atoms with Gasteiger partial charge in [-0.05, 0) is 34.7 Å². The first-order valence-electron chi connectivity index (χ1n) is 10.2. The number of tetrazole rings is 1. The van der Waals surface area contributed by atoms with E-state index in [0.717, 1.165) is 47.4 Å². The molecule has 30 heavy (non-hydrogen) atoms. The standard InChI is InChI=1S/C23H23N7/c1-3-17-14-29(30-15-19(4-2)24-23(17)30)13-16-9-11-18(12-10-16)20-7-5-6-8-21(20)22-25-27-28-26-22/h5-12,14-15H,3-4,13H2,1-2H3,(H,25,26,27,28). The molecule has 5 rings (SSSR count). The molecule has 7 nitrogen and oxygen atoms in total. The molecule has 1 N–H and O–H groups in total. The molecule has 0 bridgehead atoms. The molecule has 2 aromatic carbocycles. The van der Waals surface area contributed by atoms with E-state index in [0.29, 0.717) is 5.82 Å². The summed E-state index contributed by atoms with van der Waals surface area (Å²) < 4.78 is 4.42. The smallest absolute Gasteiger partial charge is 0.205 e. The Morgan fingerprint density at radius 2 is 1.70 bits per heavy atom. The molecule has 0 saturated carbocycles. The van der Waals surface area contributed by atoms with Gasteiger partial charge < -0.3 is 0 Å².